The van der Waals surface area contributed by atoms with E-state index in [9.17, 15) is 20.0 Å². The summed E-state index contributed by atoms with van der Waals surface area (Å²) in [7, 11) is 0. The van der Waals surface area contributed by atoms with Crippen molar-refractivity contribution in [3.63, 3.8) is 0 Å². The number of nitriles is 2. The van der Waals surface area contributed by atoms with Crippen LogP contribution in [0.5, 0.6) is 6.01 Å². The first-order valence-electron chi connectivity index (χ1n) is 15.0. The Morgan fingerprint density at radius 3 is 2.93 bits per heavy atom. The molecule has 10 nitrogen and oxygen atoms in total. The number of rotatable bonds is 4. The van der Waals surface area contributed by atoms with Crippen LogP contribution >= 0.6 is 0 Å². The number of β-amino-alcohol motifs (C(OH)–C–C–N with tert-alkyl or cyclic N) is 1. The predicted octanol–water partition coefficient (Wildman–Crippen LogP) is 3.21. The summed E-state index contributed by atoms with van der Waals surface area (Å²) in [6, 6.07) is 8.07. The third-order valence-electron chi connectivity index (χ3n) is 10.3. The van der Waals surface area contributed by atoms with E-state index in [1.165, 1.54) is 0 Å². The average Bonchev–Trinajstić information content (AvgIpc) is 3.64. The van der Waals surface area contributed by atoms with Gasteiger partial charge in [-0.25, -0.2) is 4.39 Å². The van der Waals surface area contributed by atoms with Crippen LogP contribution < -0.4 is 15.4 Å². The van der Waals surface area contributed by atoms with Crippen molar-refractivity contribution >= 4 is 11.5 Å². The third kappa shape index (κ3) is 4.21. The number of anilines is 2. The second-order valence-electron chi connectivity index (χ2n) is 12.8. The number of halogens is 1. The summed E-state index contributed by atoms with van der Waals surface area (Å²) in [5.74, 6) is 0.783. The minimum atomic E-state index is -0.871. The number of nitrogens with two attached hydrogens (primary N) is 1. The number of aromatic nitrogens is 2. The first-order valence-corrected chi connectivity index (χ1v) is 15.0. The molecule has 5 aliphatic rings. The molecule has 1 aliphatic carbocycles. The van der Waals surface area contributed by atoms with Gasteiger partial charge in [0.1, 0.15) is 36.3 Å². The summed E-state index contributed by atoms with van der Waals surface area (Å²) in [4.78, 5) is 13.7. The zero-order valence-corrected chi connectivity index (χ0v) is 23.9. The van der Waals surface area contributed by atoms with Gasteiger partial charge in [0.15, 0.2) is 0 Å². The molecular weight excluding hydrogens is 537 g/mol. The highest BCUT2D eigenvalue weighted by atomic mass is 19.1. The molecule has 2 aromatic rings. The molecule has 0 radical (unpaired) electrons. The molecule has 0 amide bonds. The third-order valence-corrected chi connectivity index (χ3v) is 10.3. The molecule has 3 saturated heterocycles. The van der Waals surface area contributed by atoms with Crippen molar-refractivity contribution in [3.05, 3.63) is 40.1 Å². The SMILES string of the molecule is CC1CCC2(Cc3nc(OCC45CCCN4CC(F)C5)nc(N4CC(O)CC4C#N)c3CO2)c2c1ccc(N)c2C#N. The van der Waals surface area contributed by atoms with Crippen molar-refractivity contribution < 1.29 is 19.0 Å². The minimum absolute atomic E-state index is 0.180. The lowest BCUT2D eigenvalue weighted by molar-refractivity contribution is -0.0873. The zero-order chi connectivity index (χ0) is 29.2. The Morgan fingerprint density at radius 1 is 1.26 bits per heavy atom. The highest BCUT2D eigenvalue weighted by Gasteiger charge is 2.50. The lowest BCUT2D eigenvalue weighted by Crippen LogP contribution is -2.44. The summed E-state index contributed by atoms with van der Waals surface area (Å²) >= 11 is 0. The summed E-state index contributed by atoms with van der Waals surface area (Å²) < 4.78 is 27.5. The molecule has 11 heteroatoms. The molecule has 5 heterocycles. The van der Waals surface area contributed by atoms with E-state index in [0.29, 0.717) is 49.3 Å². The standard InChI is InChI=1S/C31H36FN7O3/c1-18-5-7-31(27-22(18)3-4-25(35)23(27)13-34)11-26-24(16-42-31)28(39-15-21(40)9-20(39)12-33)37-29(36-26)41-17-30-6-2-8-38(30)14-19(32)10-30/h3-4,18-21,40H,2,5-11,14-17,35H2,1H3. The molecule has 220 valence electrons. The van der Waals surface area contributed by atoms with E-state index in [-0.39, 0.29) is 37.2 Å². The molecule has 1 aromatic heterocycles. The molecule has 6 atom stereocenters. The maximum absolute atomic E-state index is 14.4. The topological polar surface area (TPSA) is 145 Å². The molecule has 1 spiro atoms. The predicted molar refractivity (Wildman–Crippen MR) is 151 cm³/mol. The van der Waals surface area contributed by atoms with Gasteiger partial charge in [-0.15, -0.1) is 0 Å². The number of aliphatic hydroxyl groups excluding tert-OH is 1. The molecule has 3 N–H and O–H groups in total. The van der Waals surface area contributed by atoms with E-state index in [1.54, 1.807) is 6.07 Å². The zero-order valence-electron chi connectivity index (χ0n) is 23.9. The Bertz CT molecular complexity index is 1510. The molecule has 3 fully saturated rings. The van der Waals surface area contributed by atoms with Crippen molar-refractivity contribution in [3.8, 4) is 18.1 Å². The van der Waals surface area contributed by atoms with E-state index < -0.39 is 23.9 Å². The number of benzene rings is 1. The Balaban J connectivity index is 1.30. The van der Waals surface area contributed by atoms with Crippen molar-refractivity contribution in [2.24, 2.45) is 0 Å². The monoisotopic (exact) mass is 573 g/mol. The number of hydrogen-bond donors (Lipinski definition) is 2. The van der Waals surface area contributed by atoms with Crippen LogP contribution in [0.3, 0.4) is 0 Å². The molecule has 1 aromatic carbocycles. The second-order valence-corrected chi connectivity index (χ2v) is 12.8. The Morgan fingerprint density at radius 2 is 2.12 bits per heavy atom. The molecular formula is C31H36FN7O3. The molecule has 0 saturated carbocycles. The number of aliphatic hydroxyl groups is 1. The average molecular weight is 574 g/mol. The summed E-state index contributed by atoms with van der Waals surface area (Å²) in [6.45, 7) is 4.18. The first kappa shape index (κ1) is 27.3. The van der Waals surface area contributed by atoms with E-state index in [2.05, 4.69) is 24.0 Å². The van der Waals surface area contributed by atoms with Gasteiger partial charge in [-0.3, -0.25) is 4.90 Å². The summed E-state index contributed by atoms with van der Waals surface area (Å²) in [5.41, 5.74) is 9.42. The largest absolute Gasteiger partial charge is 0.461 e. The van der Waals surface area contributed by atoms with E-state index in [1.807, 2.05) is 11.0 Å². The fourth-order valence-electron chi connectivity index (χ4n) is 8.15. The van der Waals surface area contributed by atoms with Gasteiger partial charge in [0.05, 0.1) is 35.6 Å². The number of ether oxygens (including phenoxy) is 2. The maximum atomic E-state index is 14.4. The minimum Gasteiger partial charge on any atom is -0.461 e. The van der Waals surface area contributed by atoms with Crippen LogP contribution in [0.4, 0.5) is 15.9 Å². The van der Waals surface area contributed by atoms with Gasteiger partial charge in [-0.05, 0) is 49.8 Å². The van der Waals surface area contributed by atoms with E-state index >= 15 is 0 Å². The second kappa shape index (κ2) is 10.0. The number of nitrogens with zero attached hydrogens (tertiary/aromatic N) is 6. The highest BCUT2D eigenvalue weighted by molar-refractivity contribution is 5.64. The number of alkyl halides is 1. The van der Waals surface area contributed by atoms with Gasteiger partial charge in [-0.2, -0.15) is 20.5 Å². The molecule has 6 unspecified atom stereocenters. The van der Waals surface area contributed by atoms with Crippen LogP contribution in [-0.4, -0.2) is 70.1 Å². The smallest absolute Gasteiger partial charge is 0.318 e. The van der Waals surface area contributed by atoms with E-state index in [4.69, 9.17) is 25.2 Å². The fraction of sp³-hybridized carbons (Fsp3) is 0.613. The van der Waals surface area contributed by atoms with Crippen LogP contribution in [-0.2, 0) is 23.4 Å². The van der Waals surface area contributed by atoms with Gasteiger partial charge < -0.3 is 25.2 Å². The highest BCUT2D eigenvalue weighted by Crippen LogP contribution is 2.51. The first-order chi connectivity index (χ1) is 20.3. The van der Waals surface area contributed by atoms with Crippen LogP contribution in [0.15, 0.2) is 12.1 Å². The van der Waals surface area contributed by atoms with Gasteiger partial charge in [0, 0.05) is 49.2 Å². The molecule has 7 rings (SSSR count). The van der Waals surface area contributed by atoms with Crippen LogP contribution in [0.25, 0.3) is 0 Å². The lowest BCUT2D eigenvalue weighted by atomic mass is 9.69. The van der Waals surface area contributed by atoms with Crippen LogP contribution in [0, 0.1) is 22.7 Å². The van der Waals surface area contributed by atoms with E-state index in [0.717, 1.165) is 48.2 Å². The van der Waals surface area contributed by atoms with Crippen molar-refractivity contribution in [2.75, 3.05) is 36.9 Å². The van der Waals surface area contributed by atoms with Crippen LogP contribution in [0.2, 0.25) is 0 Å². The van der Waals surface area contributed by atoms with Crippen molar-refractivity contribution in [1.82, 2.24) is 14.9 Å². The molecule has 4 aliphatic heterocycles. The van der Waals surface area contributed by atoms with Gasteiger partial charge in [-0.1, -0.05) is 13.0 Å². The number of fused-ring (bicyclic) bond motifs is 4. The summed E-state index contributed by atoms with van der Waals surface area (Å²) in [5, 5.41) is 30.5. The van der Waals surface area contributed by atoms with Gasteiger partial charge in [0.25, 0.3) is 0 Å². The number of nitrogen functional groups attached to an aromatic ring is 1. The summed E-state index contributed by atoms with van der Waals surface area (Å²) in [6.07, 6.45) is 3.08. The Hall–Kier alpha value is -3.51. The Labute approximate surface area is 244 Å². The lowest BCUT2D eigenvalue weighted by Gasteiger charge is -2.45. The van der Waals surface area contributed by atoms with Gasteiger partial charge >= 0.3 is 6.01 Å². The maximum Gasteiger partial charge on any atom is 0.318 e. The fourth-order valence-corrected chi connectivity index (χ4v) is 8.15. The van der Waals surface area contributed by atoms with Crippen LogP contribution in [0.1, 0.15) is 79.3 Å². The Kier molecular flexibility index (Phi) is 6.54. The number of hydrogen-bond acceptors (Lipinski definition) is 10. The van der Waals surface area contributed by atoms with Crippen molar-refractivity contribution in [1.29, 1.82) is 10.5 Å². The molecule has 0 bridgehead atoms. The van der Waals surface area contributed by atoms with Gasteiger partial charge in [0.2, 0.25) is 0 Å². The quantitative estimate of drug-likeness (QED) is 0.523. The van der Waals surface area contributed by atoms with Crippen molar-refractivity contribution in [2.45, 2.75) is 93.9 Å². The normalized spacial score (nSPS) is 33.6. The molecule has 42 heavy (non-hydrogen) atoms.